The Balaban J connectivity index is 1.39. The number of hydrogen-bond acceptors (Lipinski definition) is 5. The summed E-state index contributed by atoms with van der Waals surface area (Å²) < 4.78 is 17.8. The second kappa shape index (κ2) is 6.91. The van der Waals surface area contributed by atoms with E-state index in [0.29, 0.717) is 11.1 Å². The van der Waals surface area contributed by atoms with Gasteiger partial charge in [-0.3, -0.25) is 0 Å². The summed E-state index contributed by atoms with van der Waals surface area (Å²) in [5, 5.41) is 0. The molecule has 2 aromatic carbocycles. The van der Waals surface area contributed by atoms with E-state index in [1.54, 1.807) is 48.5 Å². The molecule has 2 heterocycles. The highest BCUT2D eigenvalue weighted by Gasteiger charge is 2.63. The number of fused-ring (bicyclic) bond motifs is 5. The van der Waals surface area contributed by atoms with Crippen LogP contribution in [0, 0.1) is 11.8 Å². The average Bonchev–Trinajstić information content (AvgIpc) is 3.43. The minimum Gasteiger partial charge on any atom is -0.452 e. The van der Waals surface area contributed by atoms with Gasteiger partial charge in [0.2, 0.25) is 0 Å². The van der Waals surface area contributed by atoms with Gasteiger partial charge in [0.1, 0.15) is 12.2 Å². The Bertz CT molecular complexity index is 907. The van der Waals surface area contributed by atoms with E-state index in [1.807, 2.05) is 12.1 Å². The van der Waals surface area contributed by atoms with Crippen LogP contribution in [0.15, 0.2) is 72.8 Å². The molecule has 2 fully saturated rings. The summed E-state index contributed by atoms with van der Waals surface area (Å²) in [5.41, 5.74) is 0.941. The van der Waals surface area contributed by atoms with Gasteiger partial charge in [0.05, 0.1) is 11.1 Å². The van der Waals surface area contributed by atoms with E-state index in [4.69, 9.17) is 14.2 Å². The van der Waals surface area contributed by atoms with E-state index in [0.717, 1.165) is 6.42 Å². The fourth-order valence-electron chi connectivity index (χ4n) is 4.56. The maximum Gasteiger partial charge on any atom is 0.338 e. The van der Waals surface area contributed by atoms with Crippen LogP contribution in [0.1, 0.15) is 27.1 Å². The van der Waals surface area contributed by atoms with Crippen molar-refractivity contribution in [3.63, 3.8) is 0 Å². The summed E-state index contributed by atoms with van der Waals surface area (Å²) in [7, 11) is 0. The van der Waals surface area contributed by atoms with E-state index in [2.05, 4.69) is 12.2 Å². The quantitative estimate of drug-likeness (QED) is 0.604. The smallest absolute Gasteiger partial charge is 0.338 e. The third kappa shape index (κ3) is 2.83. The van der Waals surface area contributed by atoms with Gasteiger partial charge in [0, 0.05) is 11.8 Å². The van der Waals surface area contributed by atoms with Crippen LogP contribution in [0.4, 0.5) is 0 Å². The molecule has 28 heavy (non-hydrogen) atoms. The van der Waals surface area contributed by atoms with Crippen LogP contribution < -0.4 is 0 Å². The van der Waals surface area contributed by atoms with Crippen molar-refractivity contribution in [2.24, 2.45) is 11.8 Å². The zero-order chi connectivity index (χ0) is 19.1. The van der Waals surface area contributed by atoms with Gasteiger partial charge in [0.15, 0.2) is 12.2 Å². The molecule has 2 bridgehead atoms. The summed E-state index contributed by atoms with van der Waals surface area (Å²) in [5.74, 6) is -0.387. The van der Waals surface area contributed by atoms with Crippen molar-refractivity contribution in [2.45, 2.75) is 30.8 Å². The number of carbonyl (C=O) groups excluding carboxylic acids is 2. The fraction of sp³-hybridized carbons (Fsp3) is 0.304. The van der Waals surface area contributed by atoms with Gasteiger partial charge in [0.25, 0.3) is 0 Å². The molecule has 0 N–H and O–H groups in total. The number of rotatable bonds is 4. The number of allylic oxidation sites excluding steroid dienone is 1. The standard InChI is InChI=1S/C23H20O5/c24-22(14-8-3-1-4-9-14)27-20-18-16-12-7-13-17(16)19(26-18)21(20)28-23(25)15-10-5-2-6-11-15/h1-12,16-21H,13H2. The van der Waals surface area contributed by atoms with Gasteiger partial charge >= 0.3 is 11.9 Å². The van der Waals surface area contributed by atoms with Crippen molar-refractivity contribution in [1.82, 2.24) is 0 Å². The Hall–Kier alpha value is -2.92. The first-order valence-electron chi connectivity index (χ1n) is 9.56. The molecule has 1 aliphatic carbocycles. The second-order valence-electron chi connectivity index (χ2n) is 7.44. The molecular formula is C23H20O5. The number of benzene rings is 2. The first-order valence-corrected chi connectivity index (χ1v) is 9.56. The largest absolute Gasteiger partial charge is 0.452 e. The highest BCUT2D eigenvalue weighted by atomic mass is 16.6. The third-order valence-electron chi connectivity index (χ3n) is 5.85. The van der Waals surface area contributed by atoms with E-state index in [1.165, 1.54) is 0 Å². The number of esters is 2. The lowest BCUT2D eigenvalue weighted by atomic mass is 9.78. The molecule has 0 amide bonds. The lowest BCUT2D eigenvalue weighted by Gasteiger charge is -2.33. The van der Waals surface area contributed by atoms with Crippen molar-refractivity contribution < 1.29 is 23.8 Å². The van der Waals surface area contributed by atoms with E-state index < -0.39 is 24.1 Å². The monoisotopic (exact) mass is 376 g/mol. The van der Waals surface area contributed by atoms with Crippen LogP contribution in [0.3, 0.4) is 0 Å². The first kappa shape index (κ1) is 17.2. The van der Waals surface area contributed by atoms with E-state index in [9.17, 15) is 9.59 Å². The number of hydrogen-bond donors (Lipinski definition) is 0. The molecule has 5 heteroatoms. The Morgan fingerprint density at radius 3 is 1.89 bits per heavy atom. The lowest BCUT2D eigenvalue weighted by Crippen LogP contribution is -2.49. The normalized spacial score (nSPS) is 32.1. The fourth-order valence-corrected chi connectivity index (χ4v) is 4.56. The van der Waals surface area contributed by atoms with Gasteiger partial charge in [-0.25, -0.2) is 9.59 Å². The van der Waals surface area contributed by atoms with Crippen LogP contribution in [-0.4, -0.2) is 36.4 Å². The van der Waals surface area contributed by atoms with Crippen LogP contribution >= 0.6 is 0 Å². The Morgan fingerprint density at radius 1 is 0.786 bits per heavy atom. The maximum atomic E-state index is 12.6. The molecular weight excluding hydrogens is 356 g/mol. The van der Waals surface area contributed by atoms with Crippen LogP contribution in [0.5, 0.6) is 0 Å². The number of carbonyl (C=O) groups is 2. The van der Waals surface area contributed by atoms with Crippen LogP contribution in [0.2, 0.25) is 0 Å². The van der Waals surface area contributed by atoms with E-state index >= 15 is 0 Å². The molecule has 2 aliphatic heterocycles. The summed E-state index contributed by atoms with van der Waals surface area (Å²) >= 11 is 0. The van der Waals surface area contributed by atoms with Crippen LogP contribution in [-0.2, 0) is 14.2 Å². The molecule has 3 aliphatic rings. The molecule has 6 unspecified atom stereocenters. The minimum absolute atomic E-state index is 0.199. The van der Waals surface area contributed by atoms with Gasteiger partial charge in [-0.1, -0.05) is 48.6 Å². The molecule has 2 saturated heterocycles. The van der Waals surface area contributed by atoms with Crippen molar-refractivity contribution in [3.05, 3.63) is 83.9 Å². The molecule has 5 nitrogen and oxygen atoms in total. The SMILES string of the molecule is O=C(OC1C2OC(C3CC=CC32)C1OC(=O)c1ccccc1)c1ccccc1. The van der Waals surface area contributed by atoms with Crippen LogP contribution in [0.25, 0.3) is 0 Å². The summed E-state index contributed by atoms with van der Waals surface area (Å²) in [6.07, 6.45) is 3.40. The highest BCUT2D eigenvalue weighted by molar-refractivity contribution is 5.90. The van der Waals surface area contributed by atoms with Crippen molar-refractivity contribution in [3.8, 4) is 0 Å². The van der Waals surface area contributed by atoms with Crippen molar-refractivity contribution >= 4 is 11.9 Å². The Kier molecular flexibility index (Phi) is 4.24. The molecule has 0 saturated carbocycles. The van der Waals surface area contributed by atoms with Crippen molar-refractivity contribution in [2.75, 3.05) is 0 Å². The summed E-state index contributed by atoms with van der Waals surface area (Å²) in [6.45, 7) is 0. The predicted octanol–water partition coefficient (Wildman–Crippen LogP) is 3.41. The first-order chi connectivity index (χ1) is 13.7. The minimum atomic E-state index is -0.616. The summed E-state index contributed by atoms with van der Waals surface area (Å²) in [4.78, 5) is 25.3. The van der Waals surface area contributed by atoms with Crippen molar-refractivity contribution in [1.29, 1.82) is 0 Å². The van der Waals surface area contributed by atoms with Gasteiger partial charge in [-0.2, -0.15) is 0 Å². The van der Waals surface area contributed by atoms with Gasteiger partial charge < -0.3 is 14.2 Å². The third-order valence-corrected chi connectivity index (χ3v) is 5.85. The molecule has 0 spiro atoms. The topological polar surface area (TPSA) is 61.8 Å². The molecule has 0 aromatic heterocycles. The van der Waals surface area contributed by atoms with Gasteiger partial charge in [-0.15, -0.1) is 0 Å². The molecule has 6 atom stereocenters. The summed E-state index contributed by atoms with van der Waals surface area (Å²) in [6, 6.07) is 17.7. The highest BCUT2D eigenvalue weighted by Crippen LogP contribution is 2.51. The van der Waals surface area contributed by atoms with E-state index in [-0.39, 0.29) is 24.0 Å². The zero-order valence-electron chi connectivity index (χ0n) is 15.1. The average molecular weight is 376 g/mol. The Labute approximate surface area is 162 Å². The lowest BCUT2D eigenvalue weighted by molar-refractivity contribution is -0.0517. The zero-order valence-corrected chi connectivity index (χ0v) is 15.1. The molecule has 2 aromatic rings. The molecule has 0 radical (unpaired) electrons. The molecule has 5 rings (SSSR count). The Morgan fingerprint density at radius 2 is 1.32 bits per heavy atom. The molecule has 142 valence electrons. The maximum absolute atomic E-state index is 12.6. The second-order valence-corrected chi connectivity index (χ2v) is 7.44. The van der Waals surface area contributed by atoms with Gasteiger partial charge in [-0.05, 0) is 30.7 Å². The number of ether oxygens (including phenoxy) is 3. The predicted molar refractivity (Wildman–Crippen MR) is 101 cm³/mol.